The van der Waals surface area contributed by atoms with Crippen molar-refractivity contribution in [1.82, 2.24) is 21.3 Å². The Balaban J connectivity index is 0.971. The maximum atomic E-state index is 13.6. The molecule has 0 aromatic rings. The highest BCUT2D eigenvalue weighted by atomic mass is 16.8. The van der Waals surface area contributed by atoms with Crippen molar-refractivity contribution in [3.63, 3.8) is 0 Å². The summed E-state index contributed by atoms with van der Waals surface area (Å²) < 4.78 is 127. The minimum Gasteiger partial charge on any atom is -0.394 e. The maximum absolute atomic E-state index is 13.6. The number of hydrogen-bond donors (Lipinski definition) is 33. The van der Waals surface area contributed by atoms with Crippen molar-refractivity contribution >= 4 is 23.6 Å². The van der Waals surface area contributed by atoms with Gasteiger partial charge in [0, 0.05) is 27.7 Å². The summed E-state index contributed by atoms with van der Waals surface area (Å²) in [5.41, 5.74) is 0. The van der Waals surface area contributed by atoms with E-state index < -0.39 is 421 Å². The third-order valence-corrected chi connectivity index (χ3v) is 24.5. The Morgan fingerprint density at radius 2 is 0.470 bits per heavy atom. The average molecular weight is 1930 g/mol. The first-order chi connectivity index (χ1) is 62.4. The van der Waals surface area contributed by atoms with Crippen LogP contribution in [0.15, 0.2) is 0 Å². The Bertz CT molecular complexity index is 3610. The monoisotopic (exact) mass is 1930 g/mol. The fourth-order valence-electron chi connectivity index (χ4n) is 17.3. The predicted octanol–water partition coefficient (Wildman–Crippen LogP) is -22.3. The summed E-state index contributed by atoms with van der Waals surface area (Å²) in [5.74, 6) is -3.89. The van der Waals surface area contributed by atoms with Gasteiger partial charge in [0.1, 0.15) is 256 Å². The number of carbonyl (C=O) groups is 4. The fraction of sp³-hybridized carbons (Fsp3) is 0.946. The molecule has 0 saturated carbocycles. The largest absolute Gasteiger partial charge is 0.394 e. The molecule has 58 heteroatoms. The summed E-state index contributed by atoms with van der Waals surface area (Å²) >= 11 is 0. The van der Waals surface area contributed by atoms with Gasteiger partial charge in [0.05, 0.1) is 71.7 Å². The van der Waals surface area contributed by atoms with Gasteiger partial charge in [0.15, 0.2) is 69.2 Å². The van der Waals surface area contributed by atoms with Gasteiger partial charge in [0.25, 0.3) is 0 Å². The molecular formula is C74H124N4O54. The van der Waals surface area contributed by atoms with Crippen molar-refractivity contribution < 1.29 is 267 Å². The smallest absolute Gasteiger partial charge is 0.217 e. The zero-order valence-corrected chi connectivity index (χ0v) is 71.3. The van der Waals surface area contributed by atoms with Crippen LogP contribution in [0.5, 0.6) is 0 Å². The third-order valence-electron chi connectivity index (χ3n) is 24.5. The summed E-state index contributed by atoms with van der Waals surface area (Å²) in [6.07, 6.45) is -109. The minimum atomic E-state index is -2.69. The molecule has 0 aliphatic carbocycles. The van der Waals surface area contributed by atoms with Gasteiger partial charge in [0.2, 0.25) is 23.6 Å². The van der Waals surface area contributed by atoms with Crippen LogP contribution in [0.2, 0.25) is 0 Å². The quantitative estimate of drug-likeness (QED) is 0.0290. The van der Waals surface area contributed by atoms with Crippen LogP contribution in [0.25, 0.3) is 0 Å². The Hall–Kier alpha value is -4.12. The molecule has 11 fully saturated rings. The molecule has 58 nitrogen and oxygen atoms in total. The van der Waals surface area contributed by atoms with Gasteiger partial charge in [-0.3, -0.25) is 19.2 Å². The molecule has 55 unspecified atom stereocenters. The number of rotatable bonds is 33. The Labute approximate surface area is 748 Å². The van der Waals surface area contributed by atoms with Gasteiger partial charge < -0.3 is 269 Å². The molecule has 11 saturated heterocycles. The number of hydrogen-bond acceptors (Lipinski definition) is 54. The Morgan fingerprint density at radius 1 is 0.212 bits per heavy atom. The van der Waals surface area contributed by atoms with Gasteiger partial charge >= 0.3 is 0 Å². The van der Waals surface area contributed by atoms with Crippen LogP contribution in [0, 0.1) is 0 Å². The van der Waals surface area contributed by atoms with E-state index in [1.54, 1.807) is 0 Å². The minimum absolute atomic E-state index is 0.817. The number of amides is 4. The average Bonchev–Trinajstić information content (AvgIpc) is 0.761. The normalized spacial score (nSPS) is 50.4. The molecule has 55 atom stereocenters. The van der Waals surface area contributed by atoms with Crippen molar-refractivity contribution in [2.45, 2.75) is 379 Å². The molecule has 33 N–H and O–H groups in total. The summed E-state index contributed by atoms with van der Waals surface area (Å²) in [6.45, 7) is -4.51. The van der Waals surface area contributed by atoms with E-state index in [1.807, 2.05) is 0 Å². The lowest BCUT2D eigenvalue weighted by atomic mass is 9.93. The van der Waals surface area contributed by atoms with Crippen LogP contribution in [0.1, 0.15) is 41.5 Å². The van der Waals surface area contributed by atoms with E-state index >= 15 is 0 Å². The number of carbonyl (C=O) groups excluding carboxylic acids is 4. The van der Waals surface area contributed by atoms with E-state index in [4.69, 9.17) is 99.5 Å². The summed E-state index contributed by atoms with van der Waals surface area (Å²) in [4.78, 5) is 52.6. The first kappa shape index (κ1) is 108. The highest BCUT2D eigenvalue weighted by Crippen LogP contribution is 2.43. The van der Waals surface area contributed by atoms with E-state index in [9.17, 15) is 167 Å². The van der Waals surface area contributed by atoms with E-state index in [0.29, 0.717) is 0 Å². The Kier molecular flexibility index (Phi) is 38.5. The third kappa shape index (κ3) is 23.5. The second-order valence-corrected chi connectivity index (χ2v) is 33.7. The first-order valence-electron chi connectivity index (χ1n) is 42.4. The van der Waals surface area contributed by atoms with E-state index in [1.165, 1.54) is 13.8 Å². The van der Waals surface area contributed by atoms with Crippen LogP contribution < -0.4 is 21.3 Å². The summed E-state index contributed by atoms with van der Waals surface area (Å²) in [7, 11) is 0. The van der Waals surface area contributed by atoms with Gasteiger partial charge in [-0.1, -0.05) is 0 Å². The van der Waals surface area contributed by atoms with Gasteiger partial charge in [-0.25, -0.2) is 0 Å². The van der Waals surface area contributed by atoms with Gasteiger partial charge in [-0.05, 0) is 13.8 Å². The number of nitrogens with one attached hydrogen (secondary N) is 4. The number of aliphatic hydroxyl groups is 29. The number of ether oxygens (including phenoxy) is 21. The second kappa shape index (κ2) is 47.0. The fourth-order valence-corrected chi connectivity index (χ4v) is 17.3. The second-order valence-electron chi connectivity index (χ2n) is 33.7. The van der Waals surface area contributed by atoms with Crippen LogP contribution in [-0.4, -0.2) is 569 Å². The summed E-state index contributed by atoms with van der Waals surface area (Å²) in [5, 5.41) is 336. The van der Waals surface area contributed by atoms with Crippen molar-refractivity contribution in [1.29, 1.82) is 0 Å². The van der Waals surface area contributed by atoms with Crippen molar-refractivity contribution in [2.24, 2.45) is 0 Å². The molecule has 764 valence electrons. The maximum Gasteiger partial charge on any atom is 0.217 e. The van der Waals surface area contributed by atoms with E-state index in [0.717, 1.165) is 27.7 Å². The zero-order chi connectivity index (χ0) is 97.1. The SMILES string of the molecule is CC(=O)NC1C(O)OC(CO)C(OC2OC(CO)C(OC3OC(COC4OC(CO)C(O)C(O)C4OC4OC(CO)C(OC5OC(C)C(O)C(O)C5O)C(OC5OC(CO)C(O)C(O)C5O)C4NC(C)=O)C(O)C(OC4OC(CO)C(O)C(O)C4OC4OC(CO)C(OC5OC(C)C(O)C(O)C5O)C(OC5OC(CO)C(O)C(O)C5O)C4NC(C)=O)C3O)C(O)C2NC(C)=O)C1O. The first-order valence-corrected chi connectivity index (χ1v) is 42.4. The highest BCUT2D eigenvalue weighted by molar-refractivity contribution is 5.74. The lowest BCUT2D eigenvalue weighted by Gasteiger charge is -2.52. The molecular weight excluding hydrogens is 1810 g/mol. The van der Waals surface area contributed by atoms with Crippen LogP contribution >= 0.6 is 0 Å². The van der Waals surface area contributed by atoms with Gasteiger partial charge in [-0.2, -0.15) is 0 Å². The lowest BCUT2D eigenvalue weighted by Crippen LogP contribution is -2.71. The molecule has 11 rings (SSSR count). The highest BCUT2D eigenvalue weighted by Gasteiger charge is 2.63. The molecule has 0 spiro atoms. The Morgan fingerprint density at radius 3 is 0.864 bits per heavy atom. The standard InChI is InChI=1S/C74H124N4O54/c1-16-35(91)44(100)50(106)68(113-16)126-57-28(13-85)121-66(33(77-20(5)89)59(57)128-70-52(108)46(102)37(93)22(7-79)116-70)131-62-48(104)39(95)24(9-81)118-73(62)112-15-30-41(97)61(54(110)72(123-30)125-56-27(12-84)120-65(32(43(56)99)76-19(4)88)124-55-26(11-83)115-64(111)31(42(55)98)75-18(3)87)130-74-63(49(105)40(96)25(10-82)119-74)132-67-34(78-21(6)90)60(129-71-53(109)47(103)38(94)23(8-80)117-71)58(29(14-86)122-67)127-69-51(107)45(101)36(92)17(2)114-69/h16-17,22-74,79-86,91-111H,7-15H2,1-6H3,(H,75,87)(H,76,88)(H,77,89)(H,78,90). The molecule has 0 radical (unpaired) electrons. The van der Waals surface area contributed by atoms with Crippen molar-refractivity contribution in [3.05, 3.63) is 0 Å². The van der Waals surface area contributed by atoms with Crippen molar-refractivity contribution in [3.8, 4) is 0 Å². The molecule has 4 amide bonds. The number of aliphatic hydroxyl groups excluding tert-OH is 29. The van der Waals surface area contributed by atoms with Crippen LogP contribution in [0.4, 0.5) is 0 Å². The zero-order valence-electron chi connectivity index (χ0n) is 71.3. The van der Waals surface area contributed by atoms with Gasteiger partial charge in [-0.15, -0.1) is 0 Å². The van der Waals surface area contributed by atoms with Crippen molar-refractivity contribution in [2.75, 3.05) is 59.5 Å². The molecule has 0 bridgehead atoms. The van der Waals surface area contributed by atoms with Crippen LogP contribution in [0.3, 0.4) is 0 Å². The topological polar surface area (TPSA) is 897 Å². The predicted molar refractivity (Wildman–Crippen MR) is 406 cm³/mol. The molecule has 11 aliphatic rings. The molecule has 0 aromatic heterocycles. The van der Waals surface area contributed by atoms with E-state index in [2.05, 4.69) is 21.3 Å². The lowest BCUT2D eigenvalue weighted by molar-refractivity contribution is -0.404. The van der Waals surface area contributed by atoms with Crippen LogP contribution in [-0.2, 0) is 119 Å². The molecule has 11 aliphatic heterocycles. The summed E-state index contributed by atoms with van der Waals surface area (Å²) in [6, 6.07) is -7.87. The molecule has 0 aromatic carbocycles. The molecule has 11 heterocycles. The molecule has 132 heavy (non-hydrogen) atoms. The van der Waals surface area contributed by atoms with E-state index in [-0.39, 0.29) is 0 Å².